The van der Waals surface area contributed by atoms with E-state index in [9.17, 15) is 0 Å². The summed E-state index contributed by atoms with van der Waals surface area (Å²) in [6.45, 7) is 4.51. The SMILES string of the molecule is CCCCCC(CCCCC)Nc1cc(Cl)ccc1Br. The van der Waals surface area contributed by atoms with E-state index < -0.39 is 0 Å². The Labute approximate surface area is 137 Å². The lowest BCUT2D eigenvalue weighted by Gasteiger charge is -2.21. The van der Waals surface area contributed by atoms with Crippen molar-refractivity contribution in [2.45, 2.75) is 71.3 Å². The van der Waals surface area contributed by atoms with Crippen LogP contribution in [0.1, 0.15) is 65.2 Å². The van der Waals surface area contributed by atoms with Crippen molar-refractivity contribution in [1.82, 2.24) is 0 Å². The Kier molecular flexibility index (Phi) is 9.37. The predicted octanol–water partition coefficient (Wildman–Crippen LogP) is 7.04. The van der Waals surface area contributed by atoms with E-state index >= 15 is 0 Å². The van der Waals surface area contributed by atoms with Crippen molar-refractivity contribution < 1.29 is 0 Å². The van der Waals surface area contributed by atoms with Crippen LogP contribution in [-0.4, -0.2) is 6.04 Å². The van der Waals surface area contributed by atoms with E-state index in [2.05, 4.69) is 35.1 Å². The maximum Gasteiger partial charge on any atom is 0.0501 e. The van der Waals surface area contributed by atoms with Crippen molar-refractivity contribution >= 4 is 33.2 Å². The number of rotatable bonds is 10. The van der Waals surface area contributed by atoms with Crippen molar-refractivity contribution in [2.75, 3.05) is 5.32 Å². The third kappa shape index (κ3) is 6.99. The Morgan fingerprint density at radius 2 is 1.65 bits per heavy atom. The molecule has 114 valence electrons. The Morgan fingerprint density at radius 1 is 1.05 bits per heavy atom. The molecule has 0 unspecified atom stereocenters. The maximum absolute atomic E-state index is 6.09. The Balaban J connectivity index is 2.58. The summed E-state index contributed by atoms with van der Waals surface area (Å²) >= 11 is 9.69. The van der Waals surface area contributed by atoms with Crippen molar-refractivity contribution in [3.8, 4) is 0 Å². The number of hydrogen-bond donors (Lipinski definition) is 1. The fraction of sp³-hybridized carbons (Fsp3) is 0.647. The standard InChI is InChI=1S/C17H27BrClN/c1-3-5-7-9-15(10-8-6-4-2)20-17-13-14(19)11-12-16(17)18/h11-13,15,20H,3-10H2,1-2H3. The van der Waals surface area contributed by atoms with Gasteiger partial charge in [-0.3, -0.25) is 0 Å². The number of unbranched alkanes of at least 4 members (excludes halogenated alkanes) is 4. The second-order valence-corrected chi connectivity index (χ2v) is 6.75. The minimum Gasteiger partial charge on any atom is -0.381 e. The van der Waals surface area contributed by atoms with E-state index in [1.54, 1.807) is 0 Å². The summed E-state index contributed by atoms with van der Waals surface area (Å²) in [5.74, 6) is 0. The minimum absolute atomic E-state index is 0.558. The highest BCUT2D eigenvalue weighted by atomic mass is 79.9. The molecule has 0 spiro atoms. The quantitative estimate of drug-likeness (QED) is 0.441. The second kappa shape index (κ2) is 10.5. The number of anilines is 1. The van der Waals surface area contributed by atoms with Crippen molar-refractivity contribution in [3.63, 3.8) is 0 Å². The highest BCUT2D eigenvalue weighted by molar-refractivity contribution is 9.10. The molecule has 1 aromatic rings. The van der Waals surface area contributed by atoms with Gasteiger partial charge in [-0.15, -0.1) is 0 Å². The van der Waals surface area contributed by atoms with Crippen LogP contribution in [0.2, 0.25) is 5.02 Å². The molecule has 0 fully saturated rings. The first-order valence-corrected chi connectivity index (χ1v) is 9.06. The van der Waals surface area contributed by atoms with E-state index in [0.29, 0.717) is 6.04 Å². The molecule has 0 bridgehead atoms. The largest absolute Gasteiger partial charge is 0.381 e. The van der Waals surface area contributed by atoms with Crippen molar-refractivity contribution in [3.05, 3.63) is 27.7 Å². The average molecular weight is 361 g/mol. The predicted molar refractivity (Wildman–Crippen MR) is 94.8 cm³/mol. The Morgan fingerprint density at radius 3 is 2.20 bits per heavy atom. The lowest BCUT2D eigenvalue weighted by Crippen LogP contribution is -2.19. The molecule has 0 saturated carbocycles. The summed E-state index contributed by atoms with van der Waals surface area (Å²) < 4.78 is 1.10. The molecule has 0 amide bonds. The zero-order valence-corrected chi connectivity index (χ0v) is 15.1. The summed E-state index contributed by atoms with van der Waals surface area (Å²) in [5, 5.41) is 4.46. The van der Waals surface area contributed by atoms with Crippen LogP contribution in [0.15, 0.2) is 22.7 Å². The van der Waals surface area contributed by atoms with Gasteiger partial charge in [0.05, 0.1) is 5.69 Å². The molecule has 0 aliphatic carbocycles. The van der Waals surface area contributed by atoms with Crippen molar-refractivity contribution in [1.29, 1.82) is 0 Å². The van der Waals surface area contributed by atoms with Crippen LogP contribution in [0, 0.1) is 0 Å². The summed E-state index contributed by atoms with van der Waals surface area (Å²) in [7, 11) is 0. The van der Waals surface area contributed by atoms with Crippen LogP contribution in [0.4, 0.5) is 5.69 Å². The molecule has 1 nitrogen and oxygen atoms in total. The van der Waals surface area contributed by atoms with Gasteiger partial charge in [0.25, 0.3) is 0 Å². The van der Waals surface area contributed by atoms with Gasteiger partial charge in [0, 0.05) is 15.5 Å². The number of halogens is 2. The van der Waals surface area contributed by atoms with Crippen LogP contribution in [0.3, 0.4) is 0 Å². The summed E-state index contributed by atoms with van der Waals surface area (Å²) in [5.41, 5.74) is 1.12. The molecule has 1 aromatic carbocycles. The van der Waals surface area contributed by atoms with Gasteiger partial charge < -0.3 is 5.32 Å². The van der Waals surface area contributed by atoms with Gasteiger partial charge in [-0.05, 0) is 47.0 Å². The molecule has 3 heteroatoms. The molecule has 1 rings (SSSR count). The highest BCUT2D eigenvalue weighted by Gasteiger charge is 2.10. The molecular weight excluding hydrogens is 334 g/mol. The summed E-state index contributed by atoms with van der Waals surface area (Å²) in [6, 6.07) is 6.50. The topological polar surface area (TPSA) is 12.0 Å². The van der Waals surface area contributed by atoms with Gasteiger partial charge in [-0.1, -0.05) is 64.0 Å². The first-order chi connectivity index (χ1) is 9.67. The van der Waals surface area contributed by atoms with Gasteiger partial charge >= 0.3 is 0 Å². The molecule has 0 saturated heterocycles. The third-order valence-electron chi connectivity index (χ3n) is 3.60. The van der Waals surface area contributed by atoms with Gasteiger partial charge in [-0.2, -0.15) is 0 Å². The van der Waals surface area contributed by atoms with E-state index in [1.807, 2.05) is 18.2 Å². The lowest BCUT2D eigenvalue weighted by molar-refractivity contribution is 0.526. The molecule has 0 aromatic heterocycles. The summed E-state index contributed by atoms with van der Waals surface area (Å²) in [4.78, 5) is 0. The molecule has 0 radical (unpaired) electrons. The van der Waals surface area contributed by atoms with Gasteiger partial charge in [-0.25, -0.2) is 0 Å². The van der Waals surface area contributed by atoms with Crippen LogP contribution < -0.4 is 5.32 Å². The molecular formula is C17H27BrClN. The molecule has 1 N–H and O–H groups in total. The number of hydrogen-bond acceptors (Lipinski definition) is 1. The van der Waals surface area contributed by atoms with E-state index in [1.165, 1.54) is 51.4 Å². The molecule has 0 aliphatic heterocycles. The van der Waals surface area contributed by atoms with E-state index in [-0.39, 0.29) is 0 Å². The minimum atomic E-state index is 0.558. The zero-order valence-electron chi connectivity index (χ0n) is 12.7. The molecule has 0 atom stereocenters. The van der Waals surface area contributed by atoms with Crippen LogP contribution in [0.25, 0.3) is 0 Å². The molecule has 0 heterocycles. The molecule has 0 aliphatic rings. The monoisotopic (exact) mass is 359 g/mol. The fourth-order valence-corrected chi connectivity index (χ4v) is 2.93. The summed E-state index contributed by atoms with van der Waals surface area (Å²) in [6.07, 6.45) is 10.3. The van der Waals surface area contributed by atoms with E-state index in [0.717, 1.165) is 15.2 Å². The smallest absolute Gasteiger partial charge is 0.0501 e. The van der Waals surface area contributed by atoms with Gasteiger partial charge in [0.15, 0.2) is 0 Å². The van der Waals surface area contributed by atoms with Gasteiger partial charge in [0.2, 0.25) is 0 Å². The Hall–Kier alpha value is -0.210. The fourth-order valence-electron chi connectivity index (χ4n) is 2.40. The second-order valence-electron chi connectivity index (χ2n) is 5.46. The first kappa shape index (κ1) is 17.8. The van der Waals surface area contributed by atoms with Crippen molar-refractivity contribution in [2.24, 2.45) is 0 Å². The zero-order chi connectivity index (χ0) is 14.8. The molecule has 20 heavy (non-hydrogen) atoms. The van der Waals surface area contributed by atoms with Gasteiger partial charge in [0.1, 0.15) is 0 Å². The maximum atomic E-state index is 6.09. The first-order valence-electron chi connectivity index (χ1n) is 7.89. The highest BCUT2D eigenvalue weighted by Crippen LogP contribution is 2.28. The normalized spacial score (nSPS) is 11.1. The van der Waals surface area contributed by atoms with Crippen LogP contribution in [0.5, 0.6) is 0 Å². The van der Waals surface area contributed by atoms with E-state index in [4.69, 9.17) is 11.6 Å². The van der Waals surface area contributed by atoms with Crippen LogP contribution >= 0.6 is 27.5 Å². The number of benzene rings is 1. The third-order valence-corrected chi connectivity index (χ3v) is 4.53. The van der Waals surface area contributed by atoms with Crippen LogP contribution in [-0.2, 0) is 0 Å². The average Bonchev–Trinajstić information content (AvgIpc) is 2.43. The number of nitrogens with one attached hydrogen (secondary N) is 1. The Bertz CT molecular complexity index is 371. The lowest BCUT2D eigenvalue weighted by atomic mass is 10.0.